The number of aryl methyl sites for hydroxylation is 1. The molecule has 0 saturated carbocycles. The molecule has 0 aliphatic carbocycles. The Labute approximate surface area is 232 Å². The first kappa shape index (κ1) is 28.2. The maximum Gasteiger partial charge on any atom is 0.411 e. The maximum absolute atomic E-state index is 13.7. The minimum atomic E-state index is -0.713. The van der Waals surface area contributed by atoms with Gasteiger partial charge in [0.1, 0.15) is 17.7 Å². The number of piperidine rings is 1. The summed E-state index contributed by atoms with van der Waals surface area (Å²) in [5.74, 6) is 0.228. The fourth-order valence-corrected chi connectivity index (χ4v) is 6.05. The van der Waals surface area contributed by atoms with Crippen molar-refractivity contribution < 1.29 is 28.0 Å². The Morgan fingerprint density at radius 1 is 1.30 bits per heavy atom. The Morgan fingerprint density at radius 2 is 2.10 bits per heavy atom. The molecular formula is C29H39FN5O5+. The van der Waals surface area contributed by atoms with Crippen LogP contribution in [-0.4, -0.2) is 63.3 Å². The van der Waals surface area contributed by atoms with Crippen molar-refractivity contribution in [2.45, 2.75) is 77.4 Å². The molecule has 216 valence electrons. The third kappa shape index (κ3) is 5.90. The van der Waals surface area contributed by atoms with E-state index < -0.39 is 12.2 Å². The lowest BCUT2D eigenvalue weighted by molar-refractivity contribution is -0.947. The molecule has 0 bridgehead atoms. The standard InChI is InChI=1S/C29H38FN5O5/c1-3-4-12-31-29(38)39-18-35(16-11-22-19(2)32-27-24(36)6-5-13-34(27)28(22)37)14-9-20(10-15-35)26-23-8-7-21(30)17-25(23)40-33-26/h7-8,17,20,24,36H,3-6,9-16,18H2,1-2H3/p+1. The van der Waals surface area contributed by atoms with Crippen LogP contribution in [0.4, 0.5) is 9.18 Å². The van der Waals surface area contributed by atoms with Crippen molar-refractivity contribution in [2.24, 2.45) is 0 Å². The quantitative estimate of drug-likeness (QED) is 0.301. The van der Waals surface area contributed by atoms with Gasteiger partial charge in [-0.1, -0.05) is 18.5 Å². The van der Waals surface area contributed by atoms with Crippen molar-refractivity contribution in [1.82, 2.24) is 20.0 Å². The molecule has 0 spiro atoms. The summed E-state index contributed by atoms with van der Waals surface area (Å²) in [6.07, 6.45) is 4.13. The number of hydrogen-bond acceptors (Lipinski definition) is 7. The van der Waals surface area contributed by atoms with E-state index in [0.29, 0.717) is 59.6 Å². The van der Waals surface area contributed by atoms with E-state index in [-0.39, 0.29) is 24.0 Å². The van der Waals surface area contributed by atoms with Crippen LogP contribution in [0.3, 0.4) is 0 Å². The van der Waals surface area contributed by atoms with Crippen LogP contribution in [0.2, 0.25) is 0 Å². The molecule has 1 aromatic carbocycles. The van der Waals surface area contributed by atoms with E-state index in [9.17, 15) is 19.1 Å². The highest BCUT2D eigenvalue weighted by atomic mass is 19.1. The Bertz CT molecular complexity index is 1410. The predicted molar refractivity (Wildman–Crippen MR) is 146 cm³/mol. The number of carbonyl (C=O) groups is 1. The van der Waals surface area contributed by atoms with Gasteiger partial charge in [0, 0.05) is 61.0 Å². The number of quaternary nitrogens is 1. The molecule has 1 atom stereocenters. The number of ether oxygens (including phenoxy) is 1. The molecule has 0 radical (unpaired) electrons. The number of aliphatic hydroxyl groups excluding tert-OH is 1. The normalized spacial score (nSPS) is 22.7. The van der Waals surface area contributed by atoms with E-state index in [0.717, 1.165) is 56.3 Å². The Hall–Kier alpha value is -3.31. The lowest BCUT2D eigenvalue weighted by atomic mass is 9.90. The Kier molecular flexibility index (Phi) is 8.51. The van der Waals surface area contributed by atoms with Crippen molar-refractivity contribution in [2.75, 3.05) is 32.9 Å². The van der Waals surface area contributed by atoms with Crippen LogP contribution in [0.25, 0.3) is 11.0 Å². The van der Waals surface area contributed by atoms with E-state index in [1.54, 1.807) is 10.6 Å². The Balaban J connectivity index is 1.33. The second-order valence-corrected chi connectivity index (χ2v) is 11.2. The predicted octanol–water partition coefficient (Wildman–Crippen LogP) is 4.08. The van der Waals surface area contributed by atoms with Crippen LogP contribution in [0, 0.1) is 12.7 Å². The zero-order chi connectivity index (χ0) is 28.3. The Morgan fingerprint density at radius 3 is 2.88 bits per heavy atom. The zero-order valence-corrected chi connectivity index (χ0v) is 23.3. The first-order valence-corrected chi connectivity index (χ1v) is 14.4. The van der Waals surface area contributed by atoms with Crippen molar-refractivity contribution in [1.29, 1.82) is 0 Å². The average molecular weight is 557 g/mol. The lowest BCUT2D eigenvalue weighted by Crippen LogP contribution is -2.56. The number of aliphatic hydroxyl groups is 1. The van der Waals surface area contributed by atoms with Gasteiger partial charge < -0.3 is 19.7 Å². The van der Waals surface area contributed by atoms with Crippen LogP contribution in [0.5, 0.6) is 0 Å². The van der Waals surface area contributed by atoms with Crippen molar-refractivity contribution in [3.8, 4) is 0 Å². The first-order valence-electron chi connectivity index (χ1n) is 14.4. The van der Waals surface area contributed by atoms with Gasteiger partial charge in [0.2, 0.25) is 6.73 Å². The fourth-order valence-electron chi connectivity index (χ4n) is 6.05. The highest BCUT2D eigenvalue weighted by Crippen LogP contribution is 2.35. The van der Waals surface area contributed by atoms with Gasteiger partial charge in [-0.05, 0) is 38.3 Å². The molecule has 1 amide bonds. The second kappa shape index (κ2) is 12.1. The number of fused-ring (bicyclic) bond motifs is 2. The van der Waals surface area contributed by atoms with Crippen LogP contribution in [-0.2, 0) is 17.7 Å². The number of nitrogens with one attached hydrogen (secondary N) is 1. The van der Waals surface area contributed by atoms with Gasteiger partial charge in [0.15, 0.2) is 5.58 Å². The van der Waals surface area contributed by atoms with E-state index in [1.807, 2.05) is 6.92 Å². The average Bonchev–Trinajstić information content (AvgIpc) is 3.36. The van der Waals surface area contributed by atoms with E-state index in [4.69, 9.17) is 9.26 Å². The summed E-state index contributed by atoms with van der Waals surface area (Å²) in [4.78, 5) is 30.4. The van der Waals surface area contributed by atoms with Gasteiger partial charge in [-0.25, -0.2) is 14.2 Å². The smallest absolute Gasteiger partial charge is 0.399 e. The minimum Gasteiger partial charge on any atom is -0.399 e. The van der Waals surface area contributed by atoms with Crippen LogP contribution >= 0.6 is 0 Å². The number of halogens is 1. The number of aromatic nitrogens is 3. The fraction of sp³-hybridized carbons (Fsp3) is 0.586. The number of nitrogens with zero attached hydrogens (tertiary/aromatic N) is 4. The molecule has 1 fully saturated rings. The van der Waals surface area contributed by atoms with Crippen molar-refractivity contribution >= 4 is 17.1 Å². The van der Waals surface area contributed by atoms with Crippen LogP contribution in [0.15, 0.2) is 27.5 Å². The van der Waals surface area contributed by atoms with E-state index >= 15 is 0 Å². The zero-order valence-electron chi connectivity index (χ0n) is 23.3. The number of hydrogen-bond donors (Lipinski definition) is 2. The molecule has 3 aromatic rings. The molecule has 11 heteroatoms. The molecule has 2 N–H and O–H groups in total. The molecule has 40 heavy (non-hydrogen) atoms. The van der Waals surface area contributed by atoms with E-state index in [2.05, 4.69) is 22.4 Å². The molecule has 4 heterocycles. The first-order chi connectivity index (χ1) is 19.3. The van der Waals surface area contributed by atoms with Gasteiger partial charge in [0.05, 0.1) is 25.3 Å². The monoisotopic (exact) mass is 556 g/mol. The third-order valence-corrected chi connectivity index (χ3v) is 8.51. The number of benzene rings is 1. The summed E-state index contributed by atoms with van der Waals surface area (Å²) in [5.41, 5.74) is 2.47. The molecule has 2 aliphatic rings. The summed E-state index contributed by atoms with van der Waals surface area (Å²) >= 11 is 0. The summed E-state index contributed by atoms with van der Waals surface area (Å²) < 4.78 is 26.9. The number of amides is 1. The van der Waals surface area contributed by atoms with Crippen molar-refractivity contribution in [3.63, 3.8) is 0 Å². The second-order valence-electron chi connectivity index (χ2n) is 11.2. The van der Waals surface area contributed by atoms with Crippen molar-refractivity contribution in [3.05, 3.63) is 57.1 Å². The maximum atomic E-state index is 13.7. The minimum absolute atomic E-state index is 0.0891. The number of carbonyl (C=O) groups excluding carboxylic acids is 1. The van der Waals surface area contributed by atoms with Gasteiger partial charge in [-0.3, -0.25) is 13.8 Å². The summed E-state index contributed by atoms with van der Waals surface area (Å²) in [5, 5.41) is 18.3. The molecular weight excluding hydrogens is 517 g/mol. The van der Waals surface area contributed by atoms with Gasteiger partial charge in [-0.15, -0.1) is 0 Å². The molecule has 5 rings (SSSR count). The van der Waals surface area contributed by atoms with E-state index in [1.165, 1.54) is 12.1 Å². The van der Waals surface area contributed by atoms with Gasteiger partial charge >= 0.3 is 6.09 Å². The summed E-state index contributed by atoms with van der Waals surface area (Å²) in [6, 6.07) is 4.49. The molecule has 2 aromatic heterocycles. The van der Waals surface area contributed by atoms with Crippen LogP contribution in [0.1, 0.15) is 80.2 Å². The SMILES string of the molecule is CCCCNC(=O)OC[N+]1(CCc2c(C)nc3n(c2=O)CCCC3O)CCC(c2noc3cc(F)ccc23)CC1. The summed E-state index contributed by atoms with van der Waals surface area (Å²) in [7, 11) is 0. The van der Waals surface area contributed by atoms with Crippen LogP contribution < -0.4 is 10.9 Å². The highest BCUT2D eigenvalue weighted by molar-refractivity contribution is 5.79. The largest absolute Gasteiger partial charge is 0.411 e. The molecule has 10 nitrogen and oxygen atoms in total. The highest BCUT2D eigenvalue weighted by Gasteiger charge is 2.38. The topological polar surface area (TPSA) is 119 Å². The molecule has 1 saturated heterocycles. The molecule has 2 aliphatic heterocycles. The number of alkyl carbamates (subject to hydrolysis) is 1. The lowest BCUT2D eigenvalue weighted by Gasteiger charge is -2.42. The summed E-state index contributed by atoms with van der Waals surface area (Å²) in [6.45, 7) is 7.27. The number of unbranched alkanes of at least 4 members (excludes halogenated alkanes) is 1. The molecule has 1 unspecified atom stereocenters. The third-order valence-electron chi connectivity index (χ3n) is 8.51. The number of rotatable bonds is 9. The van der Waals surface area contributed by atoms with Gasteiger partial charge in [0.25, 0.3) is 5.56 Å². The van der Waals surface area contributed by atoms with Gasteiger partial charge in [-0.2, -0.15) is 0 Å². The number of likely N-dealkylation sites (tertiary alicyclic amines) is 1.